The second kappa shape index (κ2) is 10.5. The highest BCUT2D eigenvalue weighted by Gasteiger charge is 2.17. The van der Waals surface area contributed by atoms with E-state index in [2.05, 4.69) is 62.2 Å². The predicted octanol–water partition coefficient (Wildman–Crippen LogP) is 5.07. The summed E-state index contributed by atoms with van der Waals surface area (Å²) in [6, 6.07) is 10.4. The van der Waals surface area contributed by atoms with Crippen molar-refractivity contribution in [1.29, 1.82) is 0 Å². The van der Waals surface area contributed by atoms with Crippen molar-refractivity contribution < 1.29 is 4.74 Å². The van der Waals surface area contributed by atoms with Gasteiger partial charge in [0.1, 0.15) is 24.5 Å². The van der Waals surface area contributed by atoms with E-state index in [4.69, 9.17) is 4.74 Å². The number of hydrogen-bond donors (Lipinski definition) is 0. The van der Waals surface area contributed by atoms with Crippen LogP contribution in [0.5, 0.6) is 0 Å². The molecule has 1 atom stereocenters. The first kappa shape index (κ1) is 22.8. The highest BCUT2D eigenvalue weighted by Crippen LogP contribution is 2.29. The first-order chi connectivity index (χ1) is 15.6. The summed E-state index contributed by atoms with van der Waals surface area (Å²) in [5.41, 5.74) is 3.87. The Balaban J connectivity index is 1.60. The van der Waals surface area contributed by atoms with Gasteiger partial charge >= 0.3 is 0 Å². The molecule has 0 aliphatic carbocycles. The quantitative estimate of drug-likeness (QED) is 0.169. The number of halogens is 1. The van der Waals surface area contributed by atoms with Gasteiger partial charge in [0.2, 0.25) is 0 Å². The summed E-state index contributed by atoms with van der Waals surface area (Å²) in [7, 11) is 0.384. The monoisotopic (exact) mass is 512 g/mol. The molecule has 32 heavy (non-hydrogen) atoms. The number of benzene rings is 1. The zero-order chi connectivity index (χ0) is 22.5. The van der Waals surface area contributed by atoms with Crippen LogP contribution in [0.4, 0.5) is 0 Å². The molecule has 8 heteroatoms. The predicted molar refractivity (Wildman–Crippen MR) is 136 cm³/mol. The summed E-state index contributed by atoms with van der Waals surface area (Å²) in [6.07, 6.45) is 14.7. The van der Waals surface area contributed by atoms with Gasteiger partial charge < -0.3 is 9.30 Å². The van der Waals surface area contributed by atoms with Crippen molar-refractivity contribution in [2.75, 3.05) is 24.9 Å². The van der Waals surface area contributed by atoms with Gasteiger partial charge in [0.05, 0.1) is 37.1 Å². The standard InChI is InChI=1S/C24H27BrN5OS/c1-4-6-22(18-7-5-8-20(25)13-18)30-15-19(14-28-30)23-21-9-10-29(24(21)27-16-26-23)17-31-11-12-32(2)3/h4-5,7-10,13-16,22H,1,6,11-12,17H2,2-3H3/q+1. The summed E-state index contributed by atoms with van der Waals surface area (Å²) in [5, 5.41) is 5.66. The van der Waals surface area contributed by atoms with Gasteiger partial charge in [-0.1, -0.05) is 34.1 Å². The highest BCUT2D eigenvalue weighted by molar-refractivity contribution is 9.10. The van der Waals surface area contributed by atoms with Crippen molar-refractivity contribution >= 4 is 37.9 Å². The number of nitrogens with zero attached hydrogens (tertiary/aromatic N) is 5. The fourth-order valence-electron chi connectivity index (χ4n) is 3.63. The van der Waals surface area contributed by atoms with Gasteiger partial charge in [-0.2, -0.15) is 5.10 Å². The van der Waals surface area contributed by atoms with E-state index in [1.54, 1.807) is 6.33 Å². The third-order valence-electron chi connectivity index (χ3n) is 5.24. The lowest BCUT2D eigenvalue weighted by Gasteiger charge is -2.16. The van der Waals surface area contributed by atoms with E-state index in [0.29, 0.717) is 17.6 Å². The molecule has 3 aromatic heterocycles. The van der Waals surface area contributed by atoms with Crippen LogP contribution in [0, 0.1) is 0 Å². The van der Waals surface area contributed by atoms with Crippen molar-refractivity contribution in [1.82, 2.24) is 24.3 Å². The van der Waals surface area contributed by atoms with E-state index in [1.165, 1.54) is 5.56 Å². The third kappa shape index (κ3) is 5.14. The molecule has 0 aliphatic rings. The van der Waals surface area contributed by atoms with Gasteiger partial charge in [0.15, 0.2) is 0 Å². The number of allylic oxidation sites excluding steroid dienone is 1. The van der Waals surface area contributed by atoms with E-state index in [9.17, 15) is 0 Å². The Morgan fingerprint density at radius 2 is 2.12 bits per heavy atom. The average Bonchev–Trinajstić information content (AvgIpc) is 3.42. The number of hydrogen-bond acceptors (Lipinski definition) is 4. The molecule has 4 aromatic rings. The van der Waals surface area contributed by atoms with Crippen molar-refractivity contribution in [3.8, 4) is 11.3 Å². The molecule has 3 heterocycles. The zero-order valence-corrected chi connectivity index (χ0v) is 20.7. The van der Waals surface area contributed by atoms with Gasteiger partial charge in [-0.25, -0.2) is 9.97 Å². The lowest BCUT2D eigenvalue weighted by atomic mass is 10.0. The van der Waals surface area contributed by atoms with E-state index in [1.807, 2.05) is 52.1 Å². The van der Waals surface area contributed by atoms with Crippen molar-refractivity contribution in [2.45, 2.75) is 19.2 Å². The summed E-state index contributed by atoms with van der Waals surface area (Å²) < 4.78 is 10.9. The number of rotatable bonds is 10. The minimum absolute atomic E-state index is 0.0655. The Morgan fingerprint density at radius 1 is 1.25 bits per heavy atom. The fourth-order valence-corrected chi connectivity index (χ4v) is 4.49. The average molecular weight is 513 g/mol. The van der Waals surface area contributed by atoms with Gasteiger partial charge in [0.25, 0.3) is 0 Å². The number of fused-ring (bicyclic) bond motifs is 1. The normalized spacial score (nSPS) is 12.5. The highest BCUT2D eigenvalue weighted by atomic mass is 79.9. The van der Waals surface area contributed by atoms with E-state index >= 15 is 0 Å². The summed E-state index contributed by atoms with van der Waals surface area (Å²) in [4.78, 5) is 9.07. The van der Waals surface area contributed by atoms with Crippen molar-refractivity contribution in [3.05, 3.63) is 77.9 Å². The summed E-state index contributed by atoms with van der Waals surface area (Å²) in [5.74, 6) is 1.07. The molecular weight excluding hydrogens is 486 g/mol. The molecule has 0 fully saturated rings. The van der Waals surface area contributed by atoms with Gasteiger partial charge in [0, 0.05) is 27.8 Å². The largest absolute Gasteiger partial charge is 0.356 e. The van der Waals surface area contributed by atoms with Crippen LogP contribution in [0.1, 0.15) is 18.0 Å². The second-order valence-electron chi connectivity index (χ2n) is 7.78. The smallest absolute Gasteiger partial charge is 0.145 e. The maximum absolute atomic E-state index is 5.84. The molecular formula is C24H27BrN5OS+. The second-order valence-corrected chi connectivity index (χ2v) is 11.1. The SMILES string of the molecule is C=CCC(c1cccc(Br)c1)n1cc(-c2ncnc3c2ccn3COCC[S+](C)C)cn1. The zero-order valence-electron chi connectivity index (χ0n) is 18.3. The molecule has 0 radical (unpaired) electrons. The van der Waals surface area contributed by atoms with Crippen molar-refractivity contribution in [2.24, 2.45) is 0 Å². The Morgan fingerprint density at radius 3 is 2.91 bits per heavy atom. The van der Waals surface area contributed by atoms with Crippen LogP contribution >= 0.6 is 15.9 Å². The van der Waals surface area contributed by atoms with Crippen LogP contribution in [0.15, 0.2) is 72.4 Å². The maximum Gasteiger partial charge on any atom is 0.145 e. The van der Waals surface area contributed by atoms with Crippen LogP contribution in [-0.4, -0.2) is 49.2 Å². The van der Waals surface area contributed by atoms with Gasteiger partial charge in [-0.3, -0.25) is 4.68 Å². The molecule has 0 aliphatic heterocycles. The number of ether oxygens (including phenoxy) is 1. The molecule has 0 spiro atoms. The molecule has 1 unspecified atom stereocenters. The number of aromatic nitrogens is 5. The fraction of sp³-hybridized carbons (Fsp3) is 0.292. The molecule has 4 rings (SSSR count). The molecule has 0 saturated carbocycles. The van der Waals surface area contributed by atoms with Gasteiger partial charge in [-0.05, 0) is 41.1 Å². The van der Waals surface area contributed by atoms with E-state index in [0.717, 1.165) is 45.5 Å². The molecule has 166 valence electrons. The van der Waals surface area contributed by atoms with Crippen LogP contribution in [0.3, 0.4) is 0 Å². The van der Waals surface area contributed by atoms with Crippen LogP contribution in [0.25, 0.3) is 22.3 Å². The Hall–Kier alpha value is -2.42. The van der Waals surface area contributed by atoms with E-state index in [-0.39, 0.29) is 6.04 Å². The molecule has 0 amide bonds. The topological polar surface area (TPSA) is 57.8 Å². The Kier molecular flexibility index (Phi) is 7.44. The van der Waals surface area contributed by atoms with Crippen molar-refractivity contribution in [3.63, 3.8) is 0 Å². The van der Waals surface area contributed by atoms with Crippen LogP contribution in [0.2, 0.25) is 0 Å². The Bertz CT molecular complexity index is 1200. The van der Waals surface area contributed by atoms with E-state index < -0.39 is 0 Å². The minimum Gasteiger partial charge on any atom is -0.356 e. The Labute approximate surface area is 199 Å². The molecule has 6 nitrogen and oxygen atoms in total. The molecule has 1 aromatic carbocycles. The van der Waals surface area contributed by atoms with Crippen LogP contribution < -0.4 is 0 Å². The molecule has 0 N–H and O–H groups in total. The lowest BCUT2D eigenvalue weighted by Crippen LogP contribution is -2.11. The lowest BCUT2D eigenvalue weighted by molar-refractivity contribution is 0.0924. The maximum atomic E-state index is 5.84. The molecule has 0 bridgehead atoms. The summed E-state index contributed by atoms with van der Waals surface area (Å²) >= 11 is 3.57. The summed E-state index contributed by atoms with van der Waals surface area (Å²) in [6.45, 7) is 5.17. The third-order valence-corrected chi connectivity index (χ3v) is 6.72. The minimum atomic E-state index is 0.0655. The van der Waals surface area contributed by atoms with Crippen LogP contribution in [-0.2, 0) is 22.4 Å². The first-order valence-corrected chi connectivity index (χ1v) is 13.4. The first-order valence-electron chi connectivity index (χ1n) is 10.4. The molecule has 0 saturated heterocycles. The van der Waals surface area contributed by atoms with Gasteiger partial charge in [-0.15, -0.1) is 6.58 Å².